The highest BCUT2D eigenvalue weighted by atomic mass is 32.2. The molecule has 0 bridgehead atoms. The molecule has 9 nitrogen and oxygen atoms in total. The zero-order valence-corrected chi connectivity index (χ0v) is 22.7. The number of nitrogens with one attached hydrogen (secondary N) is 1. The zero-order chi connectivity index (χ0) is 27.8. The molecule has 1 saturated carbocycles. The van der Waals surface area contributed by atoms with Crippen LogP contribution in [0.4, 0.5) is 18.9 Å². The number of halogens is 3. The number of alkyl halides is 3. The molecule has 1 aliphatic heterocycles. The molecule has 0 spiro atoms. The fourth-order valence-electron chi connectivity index (χ4n) is 5.28. The Kier molecular flexibility index (Phi) is 7.66. The van der Waals surface area contributed by atoms with E-state index in [0.717, 1.165) is 30.3 Å². The van der Waals surface area contributed by atoms with Crippen LogP contribution >= 0.6 is 0 Å². The molecule has 2 aromatic heterocycles. The Labute approximate surface area is 226 Å². The van der Waals surface area contributed by atoms with Crippen molar-refractivity contribution in [2.24, 2.45) is 13.0 Å². The summed E-state index contributed by atoms with van der Waals surface area (Å²) < 4.78 is 71.5. The third-order valence-corrected chi connectivity index (χ3v) is 9.58. The maximum absolute atomic E-state index is 14.0. The summed E-state index contributed by atoms with van der Waals surface area (Å²) in [4.78, 5) is 4.11. The molecule has 13 heteroatoms. The average molecular weight is 564 g/mol. The van der Waals surface area contributed by atoms with E-state index in [1.165, 1.54) is 28.3 Å². The smallest absolute Gasteiger partial charge is 0.379 e. The van der Waals surface area contributed by atoms with Crippen LogP contribution in [0.1, 0.15) is 59.8 Å². The normalized spacial score (nSPS) is 19.5. The highest BCUT2D eigenvalue weighted by molar-refractivity contribution is 7.86. The third-order valence-electron chi connectivity index (χ3n) is 7.64. The van der Waals surface area contributed by atoms with E-state index < -0.39 is 21.9 Å². The molecule has 0 amide bonds. The van der Waals surface area contributed by atoms with Gasteiger partial charge < -0.3 is 9.88 Å². The van der Waals surface area contributed by atoms with E-state index in [0.29, 0.717) is 24.6 Å². The van der Waals surface area contributed by atoms with Crippen molar-refractivity contribution in [1.29, 1.82) is 0 Å². The van der Waals surface area contributed by atoms with E-state index in [9.17, 15) is 21.6 Å². The molecular formula is C26H32F3N7O2S. The number of rotatable bonds is 8. The van der Waals surface area contributed by atoms with Crippen molar-refractivity contribution in [3.63, 3.8) is 0 Å². The number of benzene rings is 1. The SMILES string of the molecule is CN1CCCN(Cc2cnc(CNc3cccc([C@H](c4nncn4C)C4CCC4)c3)c(C(F)(F)F)c2)S1(=O)=O. The van der Waals surface area contributed by atoms with Gasteiger partial charge in [-0.05, 0) is 54.5 Å². The molecular weight excluding hydrogens is 531 g/mol. The number of anilines is 1. The van der Waals surface area contributed by atoms with Crippen molar-refractivity contribution in [1.82, 2.24) is 28.4 Å². The summed E-state index contributed by atoms with van der Waals surface area (Å²) in [6.07, 6.45) is 2.32. The third kappa shape index (κ3) is 5.80. The van der Waals surface area contributed by atoms with E-state index in [-0.39, 0.29) is 36.8 Å². The van der Waals surface area contributed by atoms with Crippen molar-refractivity contribution in [3.8, 4) is 0 Å². The van der Waals surface area contributed by atoms with Crippen LogP contribution in [-0.4, -0.2) is 56.9 Å². The molecule has 0 unspecified atom stereocenters. The van der Waals surface area contributed by atoms with E-state index >= 15 is 0 Å². The summed E-state index contributed by atoms with van der Waals surface area (Å²) in [6.45, 7) is 0.338. The van der Waals surface area contributed by atoms with Gasteiger partial charge in [-0.1, -0.05) is 18.6 Å². The van der Waals surface area contributed by atoms with Gasteiger partial charge in [0.2, 0.25) is 0 Å². The van der Waals surface area contributed by atoms with Gasteiger partial charge in [-0.2, -0.15) is 30.2 Å². The first-order chi connectivity index (χ1) is 18.5. The van der Waals surface area contributed by atoms with Crippen molar-refractivity contribution in [3.05, 3.63) is 71.1 Å². The molecule has 1 aromatic carbocycles. The highest BCUT2D eigenvalue weighted by Crippen LogP contribution is 2.43. The topological polar surface area (TPSA) is 96.2 Å². The largest absolute Gasteiger partial charge is 0.418 e. The molecule has 2 aliphatic rings. The monoisotopic (exact) mass is 563 g/mol. The number of aromatic nitrogens is 4. The van der Waals surface area contributed by atoms with Crippen molar-refractivity contribution < 1.29 is 21.6 Å². The Morgan fingerprint density at radius 3 is 2.59 bits per heavy atom. The van der Waals surface area contributed by atoms with Gasteiger partial charge in [0, 0.05) is 51.5 Å². The van der Waals surface area contributed by atoms with Gasteiger partial charge in [-0.15, -0.1) is 10.2 Å². The van der Waals surface area contributed by atoms with Crippen molar-refractivity contribution in [2.45, 2.75) is 50.9 Å². The average Bonchev–Trinajstić information content (AvgIpc) is 3.28. The van der Waals surface area contributed by atoms with Crippen molar-refractivity contribution >= 4 is 15.9 Å². The van der Waals surface area contributed by atoms with Gasteiger partial charge in [-0.3, -0.25) is 4.98 Å². The fourth-order valence-corrected chi connectivity index (χ4v) is 6.70. The first kappa shape index (κ1) is 27.5. The summed E-state index contributed by atoms with van der Waals surface area (Å²) in [5.41, 5.74) is 0.879. The van der Waals surface area contributed by atoms with E-state index in [2.05, 4.69) is 20.5 Å². The van der Waals surface area contributed by atoms with Gasteiger partial charge >= 0.3 is 6.18 Å². The van der Waals surface area contributed by atoms with E-state index in [1.807, 2.05) is 35.9 Å². The summed E-state index contributed by atoms with van der Waals surface area (Å²) in [5, 5.41) is 11.5. The van der Waals surface area contributed by atoms with Crippen LogP contribution in [-0.2, 0) is 36.5 Å². The Balaban J connectivity index is 1.35. The molecule has 3 aromatic rings. The van der Waals surface area contributed by atoms with Gasteiger partial charge in [0.25, 0.3) is 10.2 Å². The molecule has 2 fully saturated rings. The molecule has 39 heavy (non-hydrogen) atoms. The van der Waals surface area contributed by atoms with Crippen LogP contribution in [0.25, 0.3) is 0 Å². The van der Waals surface area contributed by atoms with Gasteiger partial charge in [0.1, 0.15) is 12.2 Å². The lowest BCUT2D eigenvalue weighted by atomic mass is 9.72. The van der Waals surface area contributed by atoms with Gasteiger partial charge in [0.15, 0.2) is 0 Å². The minimum Gasteiger partial charge on any atom is -0.379 e. The number of pyridine rings is 1. The van der Waals surface area contributed by atoms with Crippen LogP contribution in [0, 0.1) is 5.92 Å². The van der Waals surface area contributed by atoms with Crippen LogP contribution in [0.3, 0.4) is 0 Å². The minimum absolute atomic E-state index is 0.0567. The number of hydrogen-bond acceptors (Lipinski definition) is 6. The number of aryl methyl sites for hydroxylation is 1. The fraction of sp³-hybridized carbons (Fsp3) is 0.500. The Morgan fingerprint density at radius 1 is 1.13 bits per heavy atom. The summed E-state index contributed by atoms with van der Waals surface area (Å²) in [7, 11) is -0.327. The second kappa shape index (κ2) is 10.9. The standard InChI is InChI=1S/C26H32F3N7O2S/c1-34-17-32-33-25(34)24(19-6-3-7-19)20-8-4-9-21(13-20)30-15-23-22(26(27,28)29)12-18(14-31-23)16-36-11-5-10-35(2)39(36,37)38/h4,8-9,12-14,17,19,24,30H,3,5-7,10-11,15-16H2,1-2H3/t24-/m1/s1. The van der Waals surface area contributed by atoms with Crippen LogP contribution in [0.5, 0.6) is 0 Å². The van der Waals surface area contributed by atoms with Crippen LogP contribution < -0.4 is 5.32 Å². The lowest BCUT2D eigenvalue weighted by Crippen LogP contribution is -2.47. The lowest BCUT2D eigenvalue weighted by molar-refractivity contribution is -0.138. The summed E-state index contributed by atoms with van der Waals surface area (Å²) in [5.74, 6) is 1.37. The minimum atomic E-state index is -4.64. The van der Waals surface area contributed by atoms with E-state index in [4.69, 9.17) is 0 Å². The first-order valence-corrected chi connectivity index (χ1v) is 14.4. The molecule has 1 N–H and O–H groups in total. The van der Waals surface area contributed by atoms with Gasteiger partial charge in [-0.25, -0.2) is 0 Å². The Morgan fingerprint density at radius 2 is 1.92 bits per heavy atom. The summed E-state index contributed by atoms with van der Waals surface area (Å²) in [6, 6.07) is 8.68. The maximum Gasteiger partial charge on any atom is 0.418 e. The molecule has 210 valence electrons. The number of hydrogen-bond donors (Lipinski definition) is 1. The summed E-state index contributed by atoms with van der Waals surface area (Å²) >= 11 is 0. The molecule has 3 heterocycles. The molecule has 1 atom stereocenters. The van der Waals surface area contributed by atoms with E-state index in [1.54, 1.807) is 6.33 Å². The predicted octanol–water partition coefficient (Wildman–Crippen LogP) is 4.16. The molecule has 5 rings (SSSR count). The highest BCUT2D eigenvalue weighted by Gasteiger charge is 2.36. The quantitative estimate of drug-likeness (QED) is 0.442. The maximum atomic E-state index is 14.0. The predicted molar refractivity (Wildman–Crippen MR) is 140 cm³/mol. The Bertz CT molecular complexity index is 1420. The zero-order valence-electron chi connectivity index (χ0n) is 21.9. The molecule has 1 aliphatic carbocycles. The molecule has 1 saturated heterocycles. The Hall–Kier alpha value is -3.03. The second-order valence-electron chi connectivity index (χ2n) is 10.3. The van der Waals surface area contributed by atoms with Crippen LogP contribution in [0.15, 0.2) is 42.9 Å². The van der Waals surface area contributed by atoms with Gasteiger partial charge in [0.05, 0.1) is 17.8 Å². The van der Waals surface area contributed by atoms with Crippen LogP contribution in [0.2, 0.25) is 0 Å². The lowest BCUT2D eigenvalue weighted by Gasteiger charge is -2.33. The molecule has 0 radical (unpaired) electrons. The first-order valence-electron chi connectivity index (χ1n) is 13.0. The second-order valence-corrected chi connectivity index (χ2v) is 12.3. The number of nitrogens with zero attached hydrogens (tertiary/aromatic N) is 6. The van der Waals surface area contributed by atoms with Crippen molar-refractivity contribution in [2.75, 3.05) is 25.5 Å².